The third-order valence-electron chi connectivity index (χ3n) is 5.05. The summed E-state index contributed by atoms with van der Waals surface area (Å²) < 4.78 is 17.0. The van der Waals surface area contributed by atoms with Gasteiger partial charge >= 0.3 is 0 Å². The highest BCUT2D eigenvalue weighted by molar-refractivity contribution is 5.93. The summed E-state index contributed by atoms with van der Waals surface area (Å²) in [6.45, 7) is 4.01. The van der Waals surface area contributed by atoms with Crippen LogP contribution in [0, 0.1) is 6.92 Å². The first-order valence-electron chi connectivity index (χ1n) is 8.78. The first-order valence-corrected chi connectivity index (χ1v) is 8.78. The normalized spacial score (nSPS) is 22.8. The number of carbonyl (C=O) groups is 1. The molecule has 2 saturated heterocycles. The second kappa shape index (κ2) is 6.65. The monoisotopic (exact) mass is 345 g/mol. The highest BCUT2D eigenvalue weighted by atomic mass is 16.5. The Morgan fingerprint density at radius 2 is 2.16 bits per heavy atom. The number of ether oxygens (including phenoxy) is 2. The van der Waals surface area contributed by atoms with E-state index in [1.807, 2.05) is 19.1 Å². The number of aromatic amines is 1. The Labute approximate surface area is 146 Å². The van der Waals surface area contributed by atoms with Crippen molar-refractivity contribution in [3.05, 3.63) is 29.7 Å². The van der Waals surface area contributed by atoms with Gasteiger partial charge in [0.25, 0.3) is 5.91 Å². The molecule has 0 radical (unpaired) electrons. The molecule has 0 unspecified atom stereocenters. The van der Waals surface area contributed by atoms with Crippen LogP contribution in [-0.4, -0.2) is 47.6 Å². The Bertz CT molecular complexity index is 740. The Morgan fingerprint density at radius 3 is 2.92 bits per heavy atom. The van der Waals surface area contributed by atoms with Crippen LogP contribution in [-0.2, 0) is 9.47 Å². The summed E-state index contributed by atoms with van der Waals surface area (Å²) >= 11 is 0. The van der Waals surface area contributed by atoms with Crippen molar-refractivity contribution in [2.75, 3.05) is 19.8 Å². The second-order valence-electron chi connectivity index (χ2n) is 6.88. The number of amides is 1. The van der Waals surface area contributed by atoms with E-state index in [2.05, 4.69) is 15.5 Å². The molecule has 1 spiro atoms. The molecule has 0 aromatic carbocycles. The summed E-state index contributed by atoms with van der Waals surface area (Å²) in [5, 5.41) is 10.1. The molecule has 25 heavy (non-hydrogen) atoms. The molecule has 2 aromatic rings. The van der Waals surface area contributed by atoms with Crippen LogP contribution < -0.4 is 5.32 Å². The van der Waals surface area contributed by atoms with Crippen LogP contribution in [0.15, 0.2) is 22.6 Å². The quantitative estimate of drug-likeness (QED) is 0.892. The lowest BCUT2D eigenvalue weighted by Crippen LogP contribution is -2.51. The van der Waals surface area contributed by atoms with Gasteiger partial charge in [0.05, 0.1) is 5.60 Å². The maximum atomic E-state index is 12.5. The topological polar surface area (TPSA) is 89.4 Å². The van der Waals surface area contributed by atoms with Gasteiger partial charge in [-0.3, -0.25) is 9.89 Å². The fourth-order valence-electron chi connectivity index (χ4n) is 3.65. The molecule has 1 atom stereocenters. The van der Waals surface area contributed by atoms with E-state index in [9.17, 15) is 4.79 Å². The average molecular weight is 345 g/mol. The zero-order valence-electron chi connectivity index (χ0n) is 14.3. The highest BCUT2D eigenvalue weighted by Gasteiger charge is 2.39. The van der Waals surface area contributed by atoms with E-state index in [0.717, 1.165) is 44.7 Å². The molecule has 2 aliphatic heterocycles. The number of aryl methyl sites for hydroxylation is 1. The molecule has 2 N–H and O–H groups in total. The van der Waals surface area contributed by atoms with Gasteiger partial charge in [0.2, 0.25) is 0 Å². The Balaban J connectivity index is 1.41. The van der Waals surface area contributed by atoms with Crippen molar-refractivity contribution in [1.29, 1.82) is 0 Å². The summed E-state index contributed by atoms with van der Waals surface area (Å²) in [6, 6.07) is 5.56. The molecule has 0 saturated carbocycles. The predicted octanol–water partition coefficient (Wildman–Crippen LogP) is 2.44. The molecular formula is C18H23N3O4. The van der Waals surface area contributed by atoms with E-state index in [1.165, 1.54) is 0 Å². The van der Waals surface area contributed by atoms with Crippen LogP contribution in [0.2, 0.25) is 0 Å². The molecule has 2 fully saturated rings. The van der Waals surface area contributed by atoms with Gasteiger partial charge in [-0.1, -0.05) is 0 Å². The van der Waals surface area contributed by atoms with Crippen molar-refractivity contribution in [1.82, 2.24) is 15.5 Å². The fourth-order valence-corrected chi connectivity index (χ4v) is 3.65. The molecule has 7 nitrogen and oxygen atoms in total. The molecule has 7 heteroatoms. The number of H-pyrrole nitrogens is 1. The molecule has 2 aliphatic rings. The minimum atomic E-state index is -0.167. The number of rotatable bonds is 3. The van der Waals surface area contributed by atoms with Gasteiger partial charge in [-0.2, -0.15) is 5.10 Å². The van der Waals surface area contributed by atoms with Crippen LogP contribution in [0.3, 0.4) is 0 Å². The zero-order chi connectivity index (χ0) is 17.3. The van der Waals surface area contributed by atoms with Crippen LogP contribution in [0.4, 0.5) is 0 Å². The highest BCUT2D eigenvalue weighted by Crippen LogP contribution is 2.34. The molecule has 4 heterocycles. The third-order valence-corrected chi connectivity index (χ3v) is 5.05. The number of hydrogen-bond donors (Lipinski definition) is 2. The average Bonchev–Trinajstić information content (AvgIpc) is 3.24. The summed E-state index contributed by atoms with van der Waals surface area (Å²) in [7, 11) is 0. The van der Waals surface area contributed by atoms with E-state index in [-0.39, 0.29) is 17.6 Å². The number of hydrogen-bond acceptors (Lipinski definition) is 5. The molecule has 2 aromatic heterocycles. The maximum Gasteiger partial charge on any atom is 0.272 e. The van der Waals surface area contributed by atoms with Crippen molar-refractivity contribution in [2.45, 2.75) is 44.2 Å². The third kappa shape index (κ3) is 3.48. The summed E-state index contributed by atoms with van der Waals surface area (Å²) in [5.41, 5.74) is 0.930. The van der Waals surface area contributed by atoms with E-state index in [0.29, 0.717) is 23.8 Å². The van der Waals surface area contributed by atoms with Gasteiger partial charge < -0.3 is 19.2 Å². The summed E-state index contributed by atoms with van der Waals surface area (Å²) in [6.07, 6.45) is 3.44. The minimum absolute atomic E-state index is 0.102. The van der Waals surface area contributed by atoms with Crippen molar-refractivity contribution in [3.63, 3.8) is 0 Å². The molecule has 134 valence electrons. The van der Waals surface area contributed by atoms with Crippen LogP contribution in [0.25, 0.3) is 11.5 Å². The number of carbonyl (C=O) groups excluding carboxylic acids is 1. The van der Waals surface area contributed by atoms with E-state index >= 15 is 0 Å². The Hall–Kier alpha value is -2.12. The van der Waals surface area contributed by atoms with Crippen LogP contribution >= 0.6 is 0 Å². The first kappa shape index (κ1) is 16.4. The largest absolute Gasteiger partial charge is 0.460 e. The van der Waals surface area contributed by atoms with Crippen molar-refractivity contribution >= 4 is 5.91 Å². The number of furan rings is 1. The van der Waals surface area contributed by atoms with E-state index in [4.69, 9.17) is 13.9 Å². The van der Waals surface area contributed by atoms with Crippen LogP contribution in [0.1, 0.15) is 41.9 Å². The number of aromatic nitrogens is 2. The van der Waals surface area contributed by atoms with Gasteiger partial charge in [0.1, 0.15) is 11.5 Å². The number of nitrogens with zero attached hydrogens (tertiary/aromatic N) is 1. The lowest BCUT2D eigenvalue weighted by Gasteiger charge is -2.43. The lowest BCUT2D eigenvalue weighted by molar-refractivity contribution is -0.139. The van der Waals surface area contributed by atoms with Gasteiger partial charge in [-0.05, 0) is 44.7 Å². The number of nitrogens with one attached hydrogen (secondary N) is 2. The molecule has 4 rings (SSSR count). The predicted molar refractivity (Wildman–Crippen MR) is 90.3 cm³/mol. The molecule has 0 bridgehead atoms. The molecular weight excluding hydrogens is 322 g/mol. The van der Waals surface area contributed by atoms with E-state index in [1.54, 1.807) is 6.07 Å². The second-order valence-corrected chi connectivity index (χ2v) is 6.88. The fraction of sp³-hybridized carbons (Fsp3) is 0.556. The maximum absolute atomic E-state index is 12.5. The van der Waals surface area contributed by atoms with Crippen molar-refractivity contribution in [2.24, 2.45) is 0 Å². The van der Waals surface area contributed by atoms with Gasteiger partial charge in [-0.25, -0.2) is 0 Å². The van der Waals surface area contributed by atoms with Gasteiger partial charge in [0.15, 0.2) is 11.5 Å². The van der Waals surface area contributed by atoms with E-state index < -0.39 is 0 Å². The van der Waals surface area contributed by atoms with Crippen LogP contribution in [0.5, 0.6) is 0 Å². The summed E-state index contributed by atoms with van der Waals surface area (Å²) in [5.74, 6) is 1.33. The zero-order valence-corrected chi connectivity index (χ0v) is 14.3. The smallest absolute Gasteiger partial charge is 0.272 e. The van der Waals surface area contributed by atoms with Gasteiger partial charge in [0, 0.05) is 31.9 Å². The Kier molecular flexibility index (Phi) is 4.35. The standard InChI is InChI=1S/C18H23N3O4/c1-12-2-3-16(25-12)14-10-15(21-20-14)17(22)19-13-4-7-24-18(11-13)5-8-23-9-6-18/h2-3,10,13H,4-9,11H2,1H3,(H,19,22)(H,20,21)/t13-/m0/s1. The Morgan fingerprint density at radius 1 is 1.32 bits per heavy atom. The lowest BCUT2D eigenvalue weighted by atomic mass is 9.84. The van der Waals surface area contributed by atoms with Crippen molar-refractivity contribution < 1.29 is 18.7 Å². The van der Waals surface area contributed by atoms with Crippen molar-refractivity contribution in [3.8, 4) is 11.5 Å². The SMILES string of the molecule is Cc1ccc(-c2cc(C(=O)N[C@H]3CCOC4(CCOCC4)C3)n[nH]2)o1. The van der Waals surface area contributed by atoms with Gasteiger partial charge in [-0.15, -0.1) is 0 Å². The first-order chi connectivity index (χ1) is 12.1. The molecule has 1 amide bonds. The summed E-state index contributed by atoms with van der Waals surface area (Å²) in [4.78, 5) is 12.5. The molecule has 0 aliphatic carbocycles. The minimum Gasteiger partial charge on any atom is -0.460 e.